The SMILES string of the molecule is CC(O)C(=O)[O-].CCCCC(CC)Cn1cc[n+](C)c1. The molecule has 1 aromatic heterocycles. The molecule has 0 aliphatic carbocycles. The van der Waals surface area contributed by atoms with Gasteiger partial charge in [-0.15, -0.1) is 0 Å². The van der Waals surface area contributed by atoms with Crippen LogP contribution in [0.3, 0.4) is 0 Å². The molecule has 0 amide bonds. The molecule has 0 bridgehead atoms. The Bertz CT molecular complexity index is 375. The number of aliphatic hydroxyl groups excluding tert-OH is 1. The Labute approximate surface area is 121 Å². The first-order valence-electron chi connectivity index (χ1n) is 7.30. The zero-order valence-corrected chi connectivity index (χ0v) is 13.1. The molecule has 2 unspecified atom stereocenters. The number of aromatic nitrogens is 2. The van der Waals surface area contributed by atoms with Crippen molar-refractivity contribution in [3.05, 3.63) is 18.7 Å². The van der Waals surface area contributed by atoms with Gasteiger partial charge in [-0.05, 0) is 25.7 Å². The fraction of sp³-hybridized carbons (Fsp3) is 0.733. The van der Waals surface area contributed by atoms with Gasteiger partial charge in [0.25, 0.3) is 0 Å². The van der Waals surface area contributed by atoms with Crippen molar-refractivity contribution in [1.29, 1.82) is 0 Å². The highest BCUT2D eigenvalue weighted by Crippen LogP contribution is 2.14. The van der Waals surface area contributed by atoms with E-state index < -0.39 is 12.1 Å². The number of aryl methyl sites for hydroxylation is 1. The monoisotopic (exact) mass is 284 g/mol. The third-order valence-corrected chi connectivity index (χ3v) is 3.18. The molecule has 1 aromatic rings. The van der Waals surface area contributed by atoms with Crippen LogP contribution in [0.15, 0.2) is 18.7 Å². The van der Waals surface area contributed by atoms with E-state index in [-0.39, 0.29) is 0 Å². The van der Waals surface area contributed by atoms with Gasteiger partial charge in [0.05, 0.1) is 25.7 Å². The summed E-state index contributed by atoms with van der Waals surface area (Å²) in [7, 11) is 2.07. The smallest absolute Gasteiger partial charge is 0.243 e. The summed E-state index contributed by atoms with van der Waals surface area (Å²) in [5.41, 5.74) is 0. The summed E-state index contributed by atoms with van der Waals surface area (Å²) in [5, 5.41) is 17.3. The first-order valence-corrected chi connectivity index (χ1v) is 7.30. The summed E-state index contributed by atoms with van der Waals surface area (Å²) in [6.45, 7) is 6.87. The Balaban J connectivity index is 0.000000511. The van der Waals surface area contributed by atoms with Gasteiger partial charge in [-0.25, -0.2) is 9.13 Å². The molecule has 5 heteroatoms. The second-order valence-corrected chi connectivity index (χ2v) is 5.19. The summed E-state index contributed by atoms with van der Waals surface area (Å²) in [6, 6.07) is 0. The number of carboxylic acid groups (broad SMARTS) is 1. The van der Waals surface area contributed by atoms with E-state index in [4.69, 9.17) is 5.11 Å². The second-order valence-electron chi connectivity index (χ2n) is 5.19. The highest BCUT2D eigenvalue weighted by atomic mass is 16.4. The van der Waals surface area contributed by atoms with Gasteiger partial charge in [0.2, 0.25) is 6.33 Å². The van der Waals surface area contributed by atoms with Crippen LogP contribution in [0.1, 0.15) is 46.5 Å². The lowest BCUT2D eigenvalue weighted by Gasteiger charge is -2.11. The number of aliphatic hydroxyl groups is 1. The van der Waals surface area contributed by atoms with Gasteiger partial charge < -0.3 is 15.0 Å². The van der Waals surface area contributed by atoms with Gasteiger partial charge in [0.15, 0.2) is 0 Å². The largest absolute Gasteiger partial charge is 0.547 e. The quantitative estimate of drug-likeness (QED) is 0.747. The van der Waals surface area contributed by atoms with E-state index in [9.17, 15) is 9.90 Å². The van der Waals surface area contributed by atoms with Crippen LogP contribution in [0.2, 0.25) is 0 Å². The lowest BCUT2D eigenvalue weighted by molar-refractivity contribution is -0.671. The van der Waals surface area contributed by atoms with Gasteiger partial charge in [0, 0.05) is 0 Å². The van der Waals surface area contributed by atoms with Crippen molar-refractivity contribution in [1.82, 2.24) is 4.57 Å². The summed E-state index contributed by atoms with van der Waals surface area (Å²) in [5.74, 6) is -0.586. The fourth-order valence-electron chi connectivity index (χ4n) is 1.83. The lowest BCUT2D eigenvalue weighted by Crippen LogP contribution is -2.32. The summed E-state index contributed by atoms with van der Waals surface area (Å²) >= 11 is 0. The molecule has 0 fully saturated rings. The summed E-state index contributed by atoms with van der Waals surface area (Å²) < 4.78 is 4.40. The van der Waals surface area contributed by atoms with Crippen LogP contribution in [-0.2, 0) is 18.4 Å². The maximum Gasteiger partial charge on any atom is 0.243 e. The maximum atomic E-state index is 9.34. The van der Waals surface area contributed by atoms with Crippen LogP contribution in [0.4, 0.5) is 0 Å². The second kappa shape index (κ2) is 10.4. The van der Waals surface area contributed by atoms with Crippen LogP contribution in [-0.4, -0.2) is 21.7 Å². The minimum absolute atomic E-state index is 0.849. The molecule has 0 spiro atoms. The van der Waals surface area contributed by atoms with Gasteiger partial charge in [0.1, 0.15) is 12.4 Å². The van der Waals surface area contributed by atoms with Crippen LogP contribution in [0.25, 0.3) is 0 Å². The number of carbonyl (C=O) groups is 1. The van der Waals surface area contributed by atoms with E-state index in [1.54, 1.807) is 0 Å². The van der Waals surface area contributed by atoms with E-state index in [1.165, 1.54) is 32.2 Å². The van der Waals surface area contributed by atoms with E-state index in [2.05, 4.69) is 48.8 Å². The average Bonchev–Trinajstić information content (AvgIpc) is 2.80. The third kappa shape index (κ3) is 8.69. The van der Waals surface area contributed by atoms with E-state index in [1.807, 2.05) is 0 Å². The predicted molar refractivity (Wildman–Crippen MR) is 75.6 cm³/mol. The van der Waals surface area contributed by atoms with Gasteiger partial charge in [-0.3, -0.25) is 0 Å². The normalized spacial score (nSPS) is 13.2. The third-order valence-electron chi connectivity index (χ3n) is 3.18. The molecule has 1 heterocycles. The van der Waals surface area contributed by atoms with Gasteiger partial charge in [-0.1, -0.05) is 26.7 Å². The predicted octanol–water partition coefficient (Wildman–Crippen LogP) is 0.646. The van der Waals surface area contributed by atoms with Crippen LogP contribution in [0.5, 0.6) is 0 Å². The summed E-state index contributed by atoms with van der Waals surface area (Å²) in [4.78, 5) is 9.34. The van der Waals surface area contributed by atoms with Gasteiger partial charge >= 0.3 is 0 Å². The highest BCUT2D eigenvalue weighted by Gasteiger charge is 2.10. The number of hydrogen-bond acceptors (Lipinski definition) is 3. The van der Waals surface area contributed by atoms with Crippen molar-refractivity contribution in [2.45, 2.75) is 59.1 Å². The number of rotatable bonds is 7. The Morgan fingerprint density at radius 3 is 2.40 bits per heavy atom. The molecule has 2 atom stereocenters. The van der Waals surface area contributed by atoms with Crippen molar-refractivity contribution in [2.75, 3.05) is 0 Å². The Morgan fingerprint density at radius 2 is 2.05 bits per heavy atom. The molecule has 20 heavy (non-hydrogen) atoms. The van der Waals surface area contributed by atoms with E-state index in [0.29, 0.717) is 0 Å². The first kappa shape index (κ1) is 18.6. The summed E-state index contributed by atoms with van der Waals surface area (Å²) in [6.07, 6.45) is 10.4. The molecule has 116 valence electrons. The number of nitrogens with zero attached hydrogens (tertiary/aromatic N) is 2. The molecule has 0 saturated heterocycles. The van der Waals surface area contributed by atoms with Crippen LogP contribution < -0.4 is 9.67 Å². The van der Waals surface area contributed by atoms with E-state index in [0.717, 1.165) is 12.8 Å². The number of unbranched alkanes of at least 4 members (excludes halogenated alkanes) is 1. The average molecular weight is 284 g/mol. The molecule has 0 aromatic carbocycles. The van der Waals surface area contributed by atoms with Crippen LogP contribution in [0, 0.1) is 5.92 Å². The van der Waals surface area contributed by atoms with Gasteiger partial charge in [-0.2, -0.15) is 0 Å². The molecule has 0 radical (unpaired) electrons. The van der Waals surface area contributed by atoms with Crippen molar-refractivity contribution < 1.29 is 19.6 Å². The standard InChI is InChI=1S/C12H23N2.C3H6O3/c1-4-6-7-12(5-2)10-14-9-8-13(3)11-14;1-2(4)3(5)6/h8-9,11-12H,4-7,10H2,1-3H3;2,4H,1H3,(H,5,6)/q+1;/p-1. The zero-order chi connectivity index (χ0) is 15.5. The Hall–Kier alpha value is -1.36. The number of carbonyl (C=O) groups excluding carboxylic acids is 1. The molecule has 1 rings (SSSR count). The molecule has 0 aliphatic heterocycles. The highest BCUT2D eigenvalue weighted by molar-refractivity contribution is 5.68. The molecular formula is C15H28N2O3. The van der Waals surface area contributed by atoms with Crippen LogP contribution >= 0.6 is 0 Å². The molecular weight excluding hydrogens is 256 g/mol. The first-order chi connectivity index (χ1) is 9.40. The molecule has 1 N–H and O–H groups in total. The van der Waals surface area contributed by atoms with Crippen molar-refractivity contribution in [3.63, 3.8) is 0 Å². The Morgan fingerprint density at radius 1 is 1.45 bits per heavy atom. The topological polar surface area (TPSA) is 69.2 Å². The van der Waals surface area contributed by atoms with Crippen molar-refractivity contribution >= 4 is 5.97 Å². The minimum atomic E-state index is -1.44. The van der Waals surface area contributed by atoms with Crippen molar-refractivity contribution in [2.24, 2.45) is 13.0 Å². The number of aliphatic carboxylic acids is 1. The van der Waals surface area contributed by atoms with Crippen molar-refractivity contribution in [3.8, 4) is 0 Å². The fourth-order valence-corrected chi connectivity index (χ4v) is 1.83. The number of imidazole rings is 1. The lowest BCUT2D eigenvalue weighted by atomic mass is 9.99. The molecule has 5 nitrogen and oxygen atoms in total. The Kier molecular flexibility index (Phi) is 9.72. The number of hydrogen-bond donors (Lipinski definition) is 1. The molecule has 0 aliphatic rings. The van der Waals surface area contributed by atoms with E-state index >= 15 is 0 Å². The number of carboxylic acids is 1. The minimum Gasteiger partial charge on any atom is -0.547 e. The zero-order valence-electron chi connectivity index (χ0n) is 13.1. The maximum absolute atomic E-state index is 9.34. The molecule has 0 saturated carbocycles.